The van der Waals surface area contributed by atoms with Crippen LogP contribution >= 0.6 is 0 Å². The number of ether oxygens (including phenoxy) is 2. The van der Waals surface area contributed by atoms with Crippen LogP contribution in [0.3, 0.4) is 0 Å². The van der Waals surface area contributed by atoms with Crippen LogP contribution in [0.5, 0.6) is 0 Å². The zero-order valence-electron chi connectivity index (χ0n) is 31.4. The maximum atomic E-state index is 12.7. The van der Waals surface area contributed by atoms with E-state index in [-0.39, 0.29) is 25.3 Å². The summed E-state index contributed by atoms with van der Waals surface area (Å²) in [7, 11) is 2.14. The molecule has 5 nitrogen and oxygen atoms in total. The fourth-order valence-electron chi connectivity index (χ4n) is 7.06. The summed E-state index contributed by atoms with van der Waals surface area (Å²) < 4.78 is 11.5. The molecule has 1 heterocycles. The van der Waals surface area contributed by atoms with Crippen molar-refractivity contribution in [2.24, 2.45) is 17.8 Å². The Morgan fingerprint density at radius 3 is 1.53 bits per heavy atom. The molecule has 0 aromatic heterocycles. The predicted octanol–water partition coefficient (Wildman–Crippen LogP) is 12.5. The second kappa shape index (κ2) is 33.4. The van der Waals surface area contributed by atoms with Crippen molar-refractivity contribution in [1.29, 1.82) is 0 Å². The van der Waals surface area contributed by atoms with Crippen LogP contribution in [-0.4, -0.2) is 50.2 Å². The molecule has 0 aromatic rings. The highest BCUT2D eigenvalue weighted by molar-refractivity contribution is 5.72. The summed E-state index contributed by atoms with van der Waals surface area (Å²) in [4.78, 5) is 27.4. The molecule has 1 aliphatic rings. The third-order valence-corrected chi connectivity index (χ3v) is 10.4. The van der Waals surface area contributed by atoms with Gasteiger partial charge < -0.3 is 14.4 Å². The molecule has 1 unspecified atom stereocenters. The molecule has 0 saturated carbocycles. The van der Waals surface area contributed by atoms with Crippen molar-refractivity contribution >= 4 is 11.9 Å². The largest absolute Gasteiger partial charge is 0.466 e. The molecule has 0 N–H and O–H groups in total. The molecule has 1 saturated heterocycles. The highest BCUT2D eigenvalue weighted by Crippen LogP contribution is 2.24. The number of nitrogens with zero attached hydrogens (tertiary/aromatic N) is 1. The van der Waals surface area contributed by atoms with Gasteiger partial charge in [0.15, 0.2) is 0 Å². The lowest BCUT2D eigenvalue weighted by molar-refractivity contribution is -0.151. The molecule has 0 amide bonds. The number of esters is 2. The van der Waals surface area contributed by atoms with E-state index in [1.165, 1.54) is 141 Å². The summed E-state index contributed by atoms with van der Waals surface area (Å²) in [5.74, 6) is 1.37. The monoisotopic (exact) mass is 666 g/mol. The fraction of sp³-hybridized carbons (Fsp3) is 0.952. The summed E-state index contributed by atoms with van der Waals surface area (Å²) in [6, 6.07) is 0. The van der Waals surface area contributed by atoms with E-state index < -0.39 is 0 Å². The summed E-state index contributed by atoms with van der Waals surface area (Å²) >= 11 is 0. The van der Waals surface area contributed by atoms with Gasteiger partial charge in [-0.3, -0.25) is 9.59 Å². The van der Waals surface area contributed by atoms with E-state index in [9.17, 15) is 9.59 Å². The first-order valence-electron chi connectivity index (χ1n) is 20.5. The first kappa shape index (κ1) is 45.9. The summed E-state index contributed by atoms with van der Waals surface area (Å²) in [6.07, 6.45) is 33.9. The van der Waals surface area contributed by atoms with Gasteiger partial charge in [0.2, 0.25) is 0 Å². The predicted molar refractivity (Wildman–Crippen MR) is 203 cm³/mol. The molecular weight excluding hydrogens is 582 g/mol. The molecular formula is C42H83NO4. The number of hydrogen-bond donors (Lipinski definition) is 0. The molecule has 0 radical (unpaired) electrons. The van der Waals surface area contributed by atoms with Crippen molar-refractivity contribution in [3.8, 4) is 0 Å². The van der Waals surface area contributed by atoms with Gasteiger partial charge in [-0.15, -0.1) is 0 Å². The van der Waals surface area contributed by atoms with Crippen LogP contribution in [0, 0.1) is 17.8 Å². The third-order valence-electron chi connectivity index (χ3n) is 10.4. The Morgan fingerprint density at radius 1 is 0.574 bits per heavy atom. The number of piperidine rings is 1. The van der Waals surface area contributed by atoms with Gasteiger partial charge in [-0.1, -0.05) is 163 Å². The Hall–Kier alpha value is -1.10. The van der Waals surface area contributed by atoms with E-state index in [1.54, 1.807) is 0 Å². The maximum absolute atomic E-state index is 12.7. The van der Waals surface area contributed by atoms with Gasteiger partial charge in [-0.05, 0) is 70.5 Å². The van der Waals surface area contributed by atoms with Crippen molar-refractivity contribution in [3.05, 3.63) is 0 Å². The number of carbonyl (C=O) groups is 2. The summed E-state index contributed by atoms with van der Waals surface area (Å²) in [5.41, 5.74) is 0. The van der Waals surface area contributed by atoms with Crippen LogP contribution in [0.15, 0.2) is 0 Å². The van der Waals surface area contributed by atoms with E-state index >= 15 is 0 Å². The van der Waals surface area contributed by atoms with Crippen LogP contribution in [-0.2, 0) is 19.1 Å². The van der Waals surface area contributed by atoms with Crippen LogP contribution in [0.2, 0.25) is 0 Å². The Labute approximate surface area is 294 Å². The minimum atomic E-state index is -0.000498. The molecule has 0 bridgehead atoms. The van der Waals surface area contributed by atoms with Crippen LogP contribution < -0.4 is 0 Å². The number of unbranched alkanes of at least 4 members (excludes halogenated alkanes) is 16. The van der Waals surface area contributed by atoms with Gasteiger partial charge in [-0.25, -0.2) is 0 Å². The van der Waals surface area contributed by atoms with Gasteiger partial charge in [0.05, 0.1) is 19.1 Å². The van der Waals surface area contributed by atoms with Crippen LogP contribution in [0.25, 0.3) is 0 Å². The van der Waals surface area contributed by atoms with Crippen molar-refractivity contribution in [2.45, 2.75) is 208 Å². The molecule has 1 aliphatic heterocycles. The summed E-state index contributed by atoms with van der Waals surface area (Å²) in [5, 5.41) is 0. The Morgan fingerprint density at radius 2 is 1.00 bits per heavy atom. The van der Waals surface area contributed by atoms with Crippen molar-refractivity contribution in [1.82, 2.24) is 4.90 Å². The number of carbonyl (C=O) groups excluding carboxylic acids is 2. The normalized spacial score (nSPS) is 14.7. The van der Waals surface area contributed by atoms with E-state index in [0.717, 1.165) is 51.1 Å². The minimum Gasteiger partial charge on any atom is -0.466 e. The molecule has 1 atom stereocenters. The highest BCUT2D eigenvalue weighted by Gasteiger charge is 2.25. The van der Waals surface area contributed by atoms with Crippen molar-refractivity contribution in [2.75, 3.05) is 33.4 Å². The van der Waals surface area contributed by atoms with E-state index in [4.69, 9.17) is 9.47 Å². The van der Waals surface area contributed by atoms with Gasteiger partial charge >= 0.3 is 11.9 Å². The van der Waals surface area contributed by atoms with E-state index in [2.05, 4.69) is 32.7 Å². The van der Waals surface area contributed by atoms with Crippen molar-refractivity contribution < 1.29 is 19.1 Å². The fourth-order valence-corrected chi connectivity index (χ4v) is 7.06. The zero-order chi connectivity index (χ0) is 33.5. The van der Waals surface area contributed by atoms with Crippen molar-refractivity contribution in [3.63, 3.8) is 0 Å². The quantitative estimate of drug-likeness (QED) is 0.0529. The summed E-state index contributed by atoms with van der Waals surface area (Å²) in [6.45, 7) is 10.0. The topological polar surface area (TPSA) is 55.8 Å². The molecule has 1 fully saturated rings. The number of hydrogen-bond acceptors (Lipinski definition) is 5. The molecule has 47 heavy (non-hydrogen) atoms. The number of rotatable bonds is 32. The smallest absolute Gasteiger partial charge is 0.309 e. The van der Waals surface area contributed by atoms with Crippen LogP contribution in [0.4, 0.5) is 0 Å². The molecule has 5 heteroatoms. The lowest BCUT2D eigenvalue weighted by Crippen LogP contribution is -2.34. The molecule has 0 spiro atoms. The number of likely N-dealkylation sites (tertiary alicyclic amines) is 1. The van der Waals surface area contributed by atoms with Gasteiger partial charge in [0.1, 0.15) is 0 Å². The second-order valence-corrected chi connectivity index (χ2v) is 14.9. The third kappa shape index (κ3) is 27.4. The standard InChI is InChI=1S/C41H79NO4.CH4/c1-5-8-11-12-13-14-17-22-27-38(36-46-41(44)39-30-33-42(4)34-31-39)28-23-18-15-16-19-24-29-40(43)45-35-32-37(25-20-9-6-2)26-21-10-7-3;/h37-39H,5-36H2,1-4H3;1H4. The molecule has 280 valence electrons. The Kier molecular flexibility index (Phi) is 32.6. The van der Waals surface area contributed by atoms with E-state index in [1.807, 2.05) is 0 Å². The van der Waals surface area contributed by atoms with Gasteiger partial charge in [0.25, 0.3) is 0 Å². The lowest BCUT2D eigenvalue weighted by Gasteiger charge is -2.28. The van der Waals surface area contributed by atoms with Crippen LogP contribution in [0.1, 0.15) is 208 Å². The molecule has 1 rings (SSSR count). The lowest BCUT2D eigenvalue weighted by atomic mass is 9.92. The zero-order valence-corrected chi connectivity index (χ0v) is 31.4. The first-order chi connectivity index (χ1) is 22.5. The Balaban J connectivity index is 0.0000212. The first-order valence-corrected chi connectivity index (χ1v) is 20.5. The van der Waals surface area contributed by atoms with Gasteiger partial charge in [0, 0.05) is 6.42 Å². The molecule has 0 aromatic carbocycles. The average Bonchev–Trinajstić information content (AvgIpc) is 3.05. The average molecular weight is 666 g/mol. The van der Waals surface area contributed by atoms with Gasteiger partial charge in [-0.2, -0.15) is 0 Å². The Bertz CT molecular complexity index is 680. The molecule has 0 aliphatic carbocycles. The van der Waals surface area contributed by atoms with E-state index in [0.29, 0.717) is 25.6 Å². The maximum Gasteiger partial charge on any atom is 0.309 e. The highest BCUT2D eigenvalue weighted by atomic mass is 16.5. The minimum absolute atomic E-state index is 0. The SMILES string of the molecule is C.CCCCCCCCCCC(CCCCCCCCC(=O)OCCC(CCCCC)CCCCC)COC(=O)C1CCN(C)CC1. The second-order valence-electron chi connectivity index (χ2n) is 14.9.